The molecule has 0 unspecified atom stereocenters. The zero-order chi connectivity index (χ0) is 63.4. The molecule has 0 aliphatic carbocycles. The fourth-order valence-electron chi connectivity index (χ4n) is 9.78. The number of fused-ring (bicyclic) bond motifs is 2. The van der Waals surface area contributed by atoms with Gasteiger partial charge in [0.05, 0.1) is 92.6 Å². The van der Waals surface area contributed by atoms with E-state index >= 15 is 17.6 Å². The van der Waals surface area contributed by atoms with Crippen LogP contribution in [0, 0.1) is 34.9 Å². The van der Waals surface area contributed by atoms with Gasteiger partial charge >= 0.3 is 11.9 Å². The largest absolute Gasteiger partial charge is 0.471 e. The molecule has 21 nitrogen and oxygen atoms in total. The van der Waals surface area contributed by atoms with Crippen LogP contribution in [0.25, 0.3) is 56.2 Å². The van der Waals surface area contributed by atoms with Crippen molar-refractivity contribution in [1.82, 2.24) is 69.0 Å². The Morgan fingerprint density at radius 2 is 0.934 bits per heavy atom. The van der Waals surface area contributed by atoms with E-state index in [2.05, 4.69) is 50.5 Å². The number of rotatable bonds is 22. The van der Waals surface area contributed by atoms with Gasteiger partial charge in [-0.05, 0) is 96.1 Å². The summed E-state index contributed by atoms with van der Waals surface area (Å²) in [5, 5.41) is 15.7. The number of benzene rings is 4. The first-order valence-corrected chi connectivity index (χ1v) is 28.1. The highest BCUT2D eigenvalue weighted by Gasteiger charge is 2.25. The van der Waals surface area contributed by atoms with E-state index in [9.17, 15) is 18.4 Å². The maximum atomic E-state index is 16.1. The normalized spacial score (nSPS) is 11.5. The zero-order valence-corrected chi connectivity index (χ0v) is 49.0. The van der Waals surface area contributed by atoms with Gasteiger partial charge < -0.3 is 32.8 Å². The Morgan fingerprint density at radius 3 is 1.33 bits per heavy atom. The zero-order valence-electron chi connectivity index (χ0n) is 47.5. The summed E-state index contributed by atoms with van der Waals surface area (Å²) in [7, 11) is 2.94. The molecule has 0 amide bonds. The van der Waals surface area contributed by atoms with E-state index in [1.165, 1.54) is 109 Å². The summed E-state index contributed by atoms with van der Waals surface area (Å²) in [5.41, 5.74) is 1.19. The van der Waals surface area contributed by atoms with Crippen LogP contribution in [0.15, 0.2) is 134 Å². The monoisotopic (exact) mass is 1280 g/mol. The van der Waals surface area contributed by atoms with Crippen LogP contribution in [0.3, 0.4) is 0 Å². The molecule has 0 fully saturated rings. The average molecular weight is 1280 g/mol. The first-order valence-electron chi connectivity index (χ1n) is 27.4. The molecule has 0 N–H and O–H groups in total. The summed E-state index contributed by atoms with van der Waals surface area (Å²) >= 11 is 12.9. The van der Waals surface area contributed by atoms with Crippen LogP contribution >= 0.6 is 23.2 Å². The quantitative estimate of drug-likeness (QED) is 0.0349. The van der Waals surface area contributed by atoms with Crippen molar-refractivity contribution in [2.45, 2.75) is 39.1 Å². The third-order valence-electron chi connectivity index (χ3n) is 14.4. The number of carbonyl (C=O) groups is 2. The molecular weight excluding hydrogens is 1240 g/mol. The summed E-state index contributed by atoms with van der Waals surface area (Å²) < 4.78 is 128. The summed E-state index contributed by atoms with van der Waals surface area (Å²) in [6.45, 7) is 0.0936. The van der Waals surface area contributed by atoms with Gasteiger partial charge in [-0.2, -0.15) is 0 Å². The predicted molar refractivity (Wildman–Crippen MR) is 315 cm³/mol. The molecule has 0 bridgehead atoms. The van der Waals surface area contributed by atoms with Gasteiger partial charge in [0, 0.05) is 86.9 Å². The Balaban J connectivity index is 0.729. The van der Waals surface area contributed by atoms with Crippen molar-refractivity contribution in [3.63, 3.8) is 0 Å². The Bertz CT molecular complexity index is 4450. The van der Waals surface area contributed by atoms with Crippen LogP contribution in [0.5, 0.6) is 11.8 Å². The molecule has 0 saturated carbocycles. The molecule has 0 atom stereocenters. The molecule has 0 radical (unpaired) electrons. The third kappa shape index (κ3) is 13.0. The van der Waals surface area contributed by atoms with Crippen LogP contribution in [0.4, 0.5) is 26.3 Å². The van der Waals surface area contributed by atoms with E-state index in [4.69, 9.17) is 46.9 Å². The lowest BCUT2D eigenvalue weighted by Gasteiger charge is -2.12. The average Bonchev–Trinajstić information content (AvgIpc) is 1.74. The molecule has 0 aliphatic heterocycles. The molecule has 0 aliphatic rings. The molecule has 29 heteroatoms. The number of halogens is 8. The van der Waals surface area contributed by atoms with E-state index in [-0.39, 0.29) is 119 Å². The molecule has 91 heavy (non-hydrogen) atoms. The topological polar surface area (TPSA) is 229 Å². The molecular formula is C62H44Cl2F6N14O7. The van der Waals surface area contributed by atoms with Gasteiger partial charge in [-0.15, -0.1) is 10.2 Å². The first-order chi connectivity index (χ1) is 44.1. The Kier molecular flexibility index (Phi) is 17.6. The van der Waals surface area contributed by atoms with Crippen LogP contribution < -0.4 is 9.47 Å². The smallest absolute Gasteiger partial charge is 0.346 e. The Hall–Kier alpha value is -10.5. The van der Waals surface area contributed by atoms with Crippen molar-refractivity contribution < 1.29 is 59.6 Å². The minimum absolute atomic E-state index is 0.0491. The molecule has 8 heterocycles. The SMILES string of the molecule is COCCn1c(Cc2cc(F)c(-c3ccc(F)c(OCc4cnc(-n5ccnn5)cc4Cl)n3)cc2F)nc2ccc(C(=O)OC(=O)c3ccc4nc(Cc5cc(F)c(-c6ccc(F)c(OCc7cnc(-n8ccnn8)cc7Cl)n6)cc5F)n(CCOC)c4c3)cc21. The van der Waals surface area contributed by atoms with Crippen molar-refractivity contribution in [3.05, 3.63) is 224 Å². The number of ether oxygens (including phenoxy) is 5. The highest BCUT2D eigenvalue weighted by molar-refractivity contribution is 6.31. The number of nitrogens with zero attached hydrogens (tertiary/aromatic N) is 14. The third-order valence-corrected chi connectivity index (χ3v) is 15.1. The second-order valence-electron chi connectivity index (χ2n) is 20.1. The maximum Gasteiger partial charge on any atom is 0.346 e. The summed E-state index contributed by atoms with van der Waals surface area (Å²) in [5.74, 6) is -6.89. The lowest BCUT2D eigenvalue weighted by molar-refractivity contribution is 0.0397. The van der Waals surface area contributed by atoms with Gasteiger partial charge in [-0.25, -0.2) is 75.2 Å². The van der Waals surface area contributed by atoms with Gasteiger partial charge in [0.2, 0.25) is 0 Å². The van der Waals surface area contributed by atoms with Crippen molar-refractivity contribution >= 4 is 57.2 Å². The van der Waals surface area contributed by atoms with Gasteiger partial charge in [0.25, 0.3) is 11.8 Å². The number of methoxy groups -OCH3 is 2. The van der Waals surface area contributed by atoms with E-state index in [1.807, 2.05) is 0 Å². The molecule has 12 rings (SSSR count). The van der Waals surface area contributed by atoms with Crippen LogP contribution in [-0.2, 0) is 53.4 Å². The molecule has 0 saturated heterocycles. The molecule has 460 valence electrons. The van der Waals surface area contributed by atoms with E-state index < -0.39 is 58.6 Å². The van der Waals surface area contributed by atoms with Gasteiger partial charge in [-0.3, -0.25) is 0 Å². The highest BCUT2D eigenvalue weighted by atomic mass is 35.5. The summed E-state index contributed by atoms with van der Waals surface area (Å²) in [4.78, 5) is 53.7. The first kappa shape index (κ1) is 60.8. The number of aromatic nitrogens is 14. The maximum absolute atomic E-state index is 16.1. The Labute approximate surface area is 520 Å². The van der Waals surface area contributed by atoms with Gasteiger partial charge in [0.1, 0.15) is 48.1 Å². The second-order valence-corrected chi connectivity index (χ2v) is 21.0. The number of carbonyl (C=O) groups excluding carboxylic acids is 2. The number of esters is 2. The second kappa shape index (κ2) is 26.3. The Morgan fingerprint density at radius 1 is 0.495 bits per heavy atom. The summed E-state index contributed by atoms with van der Waals surface area (Å²) in [6.07, 6.45) is 8.44. The van der Waals surface area contributed by atoms with E-state index in [0.717, 1.165) is 36.4 Å². The van der Waals surface area contributed by atoms with Crippen molar-refractivity contribution in [2.75, 3.05) is 27.4 Å². The molecule has 12 aromatic rings. The van der Waals surface area contributed by atoms with Crippen LogP contribution in [0.2, 0.25) is 10.0 Å². The van der Waals surface area contributed by atoms with Gasteiger partial charge in [0.15, 0.2) is 23.3 Å². The standard InChI is InChI=1S/C62H44Cl2F6N14O7/c1-87-17-15-81-53-21-33(3-7-51(53)75-57(81)23-35-19-47(69)39(25-45(35)67)49-9-5-43(65)59(77-49)89-31-37-29-71-55(27-41(37)63)83-13-11-73-79-83)61(85)91-62(86)34-4-8-52-54(22-34)82(16-18-88-2)58(76-52)24-36-20-48(70)40(26-46(36)68)50-10-6-44(66)60(78-50)90-32-38-30-72-56(28-42(38)64)84-14-12-74-80-84/h3-14,19-22,25-30H,15-18,23-24,31-32H2,1-2H3. The lowest BCUT2D eigenvalue weighted by atomic mass is 10.0. The predicted octanol–water partition coefficient (Wildman–Crippen LogP) is 11.2. The number of imidazole rings is 2. The minimum Gasteiger partial charge on any atom is -0.471 e. The molecule has 0 spiro atoms. The van der Waals surface area contributed by atoms with E-state index in [0.29, 0.717) is 44.8 Å². The van der Waals surface area contributed by atoms with Crippen LogP contribution in [0.1, 0.15) is 54.6 Å². The fourth-order valence-corrected chi connectivity index (χ4v) is 10.2. The van der Waals surface area contributed by atoms with Gasteiger partial charge in [-0.1, -0.05) is 33.6 Å². The minimum atomic E-state index is -1.03. The van der Waals surface area contributed by atoms with Crippen molar-refractivity contribution in [1.29, 1.82) is 0 Å². The molecule has 8 aromatic heterocycles. The van der Waals surface area contributed by atoms with Crippen molar-refractivity contribution in [2.24, 2.45) is 0 Å². The fraction of sp³-hybridized carbons (Fsp3) is 0.161. The highest BCUT2D eigenvalue weighted by Crippen LogP contribution is 2.33. The van der Waals surface area contributed by atoms with E-state index in [1.54, 1.807) is 21.5 Å². The van der Waals surface area contributed by atoms with Crippen LogP contribution in [-0.4, -0.2) is 108 Å². The number of hydrogen-bond donors (Lipinski definition) is 0. The molecule has 4 aromatic carbocycles. The number of pyridine rings is 4. The number of hydrogen-bond acceptors (Lipinski definition) is 17. The summed E-state index contributed by atoms with van der Waals surface area (Å²) in [6, 6.07) is 20.0. The lowest BCUT2D eigenvalue weighted by Crippen LogP contribution is -2.14. The van der Waals surface area contributed by atoms with Crippen molar-refractivity contribution in [3.8, 4) is 45.9 Å².